The second-order valence-corrected chi connectivity index (χ2v) is 6.23. The van der Waals surface area contributed by atoms with Crippen molar-refractivity contribution in [3.63, 3.8) is 0 Å². The van der Waals surface area contributed by atoms with E-state index in [9.17, 15) is 14.7 Å². The van der Waals surface area contributed by atoms with E-state index in [4.69, 9.17) is 0 Å². The maximum atomic E-state index is 12.2. The van der Waals surface area contributed by atoms with Gasteiger partial charge in [0.1, 0.15) is 6.04 Å². The van der Waals surface area contributed by atoms with Crippen molar-refractivity contribution in [1.29, 1.82) is 0 Å². The summed E-state index contributed by atoms with van der Waals surface area (Å²) < 4.78 is 0. The molecule has 0 aromatic rings. The fourth-order valence-corrected chi connectivity index (χ4v) is 3.78. The summed E-state index contributed by atoms with van der Waals surface area (Å²) in [6.07, 6.45) is 6.81. The van der Waals surface area contributed by atoms with Crippen LogP contribution in [0.1, 0.15) is 58.8 Å². The molecule has 1 rings (SSSR count). The van der Waals surface area contributed by atoms with E-state index in [-0.39, 0.29) is 11.3 Å². The van der Waals surface area contributed by atoms with Gasteiger partial charge in [0.25, 0.3) is 0 Å². The smallest absolute Gasteiger partial charge is 0.327 e. The largest absolute Gasteiger partial charge is 0.480 e. The number of thioether (sulfide) groups is 1. The number of unbranched alkanes of at least 4 members (excludes halogenated alkanes) is 4. The van der Waals surface area contributed by atoms with Gasteiger partial charge in [0.2, 0.25) is 5.91 Å². The predicted molar refractivity (Wildman–Crippen MR) is 78.2 cm³/mol. The van der Waals surface area contributed by atoms with Crippen LogP contribution < -0.4 is 0 Å². The Hall–Kier alpha value is -0.710. The standard InChI is InChI=1S/C14H25NO3S/c1-3-5-6-7-8-9-12(16)15-11(14(17)18)10-19-13(15)4-2/h11,13H,3-10H2,1-2H3,(H,17,18). The van der Waals surface area contributed by atoms with Gasteiger partial charge in [0.05, 0.1) is 5.37 Å². The fraction of sp³-hybridized carbons (Fsp3) is 0.857. The van der Waals surface area contributed by atoms with Crippen molar-refractivity contribution < 1.29 is 14.7 Å². The molecule has 1 aliphatic heterocycles. The van der Waals surface area contributed by atoms with Gasteiger partial charge in [0.15, 0.2) is 0 Å². The first kappa shape index (κ1) is 16.3. The lowest BCUT2D eigenvalue weighted by atomic mass is 10.1. The lowest BCUT2D eigenvalue weighted by molar-refractivity contribution is -0.149. The molecule has 0 aromatic carbocycles. The first-order valence-electron chi connectivity index (χ1n) is 7.27. The molecule has 19 heavy (non-hydrogen) atoms. The molecule has 5 heteroatoms. The molecule has 0 spiro atoms. The maximum Gasteiger partial charge on any atom is 0.327 e. The minimum absolute atomic E-state index is 0.0146. The molecule has 1 heterocycles. The normalized spacial score (nSPS) is 22.7. The van der Waals surface area contributed by atoms with Gasteiger partial charge in [-0.1, -0.05) is 39.5 Å². The number of nitrogens with zero attached hydrogens (tertiary/aromatic N) is 1. The van der Waals surface area contributed by atoms with Crippen molar-refractivity contribution in [3.05, 3.63) is 0 Å². The molecule has 1 saturated heterocycles. The molecule has 0 bridgehead atoms. The lowest BCUT2D eigenvalue weighted by Gasteiger charge is -2.26. The van der Waals surface area contributed by atoms with E-state index >= 15 is 0 Å². The Morgan fingerprint density at radius 2 is 1.89 bits per heavy atom. The molecule has 0 saturated carbocycles. The Labute approximate surface area is 119 Å². The Bertz CT molecular complexity index is 309. The summed E-state index contributed by atoms with van der Waals surface area (Å²) in [5.74, 6) is -0.335. The first-order valence-corrected chi connectivity index (χ1v) is 8.32. The van der Waals surface area contributed by atoms with E-state index in [1.54, 1.807) is 16.7 Å². The van der Waals surface area contributed by atoms with Gasteiger partial charge in [0, 0.05) is 12.2 Å². The summed E-state index contributed by atoms with van der Waals surface area (Å²) >= 11 is 1.59. The average molecular weight is 287 g/mol. The van der Waals surface area contributed by atoms with Crippen molar-refractivity contribution in [2.24, 2.45) is 0 Å². The highest BCUT2D eigenvalue weighted by Gasteiger charge is 2.40. The number of carbonyl (C=O) groups is 2. The fourth-order valence-electron chi connectivity index (χ4n) is 2.41. The van der Waals surface area contributed by atoms with E-state index in [0.717, 1.165) is 25.7 Å². The summed E-state index contributed by atoms with van der Waals surface area (Å²) in [7, 11) is 0. The number of aliphatic carboxylic acids is 1. The van der Waals surface area contributed by atoms with Crippen LogP contribution in [-0.4, -0.2) is 39.1 Å². The van der Waals surface area contributed by atoms with Gasteiger partial charge < -0.3 is 10.0 Å². The lowest BCUT2D eigenvalue weighted by Crippen LogP contribution is -2.45. The van der Waals surface area contributed by atoms with Gasteiger partial charge in [-0.05, 0) is 12.8 Å². The van der Waals surface area contributed by atoms with Crippen LogP contribution in [0.4, 0.5) is 0 Å². The quantitative estimate of drug-likeness (QED) is 0.697. The number of carboxylic acids is 1. The van der Waals surface area contributed by atoms with Crippen LogP contribution in [0.15, 0.2) is 0 Å². The maximum absolute atomic E-state index is 12.2. The molecule has 4 nitrogen and oxygen atoms in total. The molecule has 1 amide bonds. The number of hydrogen-bond acceptors (Lipinski definition) is 3. The zero-order valence-corrected chi connectivity index (χ0v) is 12.7. The highest BCUT2D eigenvalue weighted by atomic mass is 32.2. The average Bonchev–Trinajstić information content (AvgIpc) is 2.82. The molecule has 1 N–H and O–H groups in total. The van der Waals surface area contributed by atoms with Crippen molar-refractivity contribution in [2.45, 2.75) is 70.2 Å². The van der Waals surface area contributed by atoms with E-state index in [0.29, 0.717) is 12.2 Å². The summed E-state index contributed by atoms with van der Waals surface area (Å²) in [6.45, 7) is 4.17. The molecule has 2 atom stereocenters. The molecule has 0 radical (unpaired) electrons. The van der Waals surface area contributed by atoms with Crippen LogP contribution >= 0.6 is 11.8 Å². The molecule has 110 valence electrons. The molecule has 0 aromatic heterocycles. The number of carbonyl (C=O) groups excluding carboxylic acids is 1. The SMILES string of the molecule is CCCCCCCC(=O)N1C(CC)SCC1C(=O)O. The Kier molecular flexibility index (Phi) is 7.28. The van der Waals surface area contributed by atoms with Crippen LogP contribution in [0.25, 0.3) is 0 Å². The number of hydrogen-bond donors (Lipinski definition) is 1. The van der Waals surface area contributed by atoms with Gasteiger partial charge in [-0.3, -0.25) is 4.79 Å². The van der Waals surface area contributed by atoms with Crippen molar-refractivity contribution in [1.82, 2.24) is 4.90 Å². The van der Waals surface area contributed by atoms with Gasteiger partial charge >= 0.3 is 5.97 Å². The molecular weight excluding hydrogens is 262 g/mol. The monoisotopic (exact) mass is 287 g/mol. The van der Waals surface area contributed by atoms with Crippen LogP contribution in [0, 0.1) is 0 Å². The van der Waals surface area contributed by atoms with Crippen LogP contribution in [0.2, 0.25) is 0 Å². The van der Waals surface area contributed by atoms with E-state index in [2.05, 4.69) is 6.92 Å². The highest BCUT2D eigenvalue weighted by Crippen LogP contribution is 2.32. The van der Waals surface area contributed by atoms with Crippen molar-refractivity contribution >= 4 is 23.6 Å². The first-order chi connectivity index (χ1) is 9.11. The third kappa shape index (κ3) is 4.71. The van der Waals surface area contributed by atoms with Crippen LogP contribution in [0.3, 0.4) is 0 Å². The Morgan fingerprint density at radius 1 is 1.21 bits per heavy atom. The van der Waals surface area contributed by atoms with Crippen LogP contribution in [-0.2, 0) is 9.59 Å². The molecular formula is C14H25NO3S. The van der Waals surface area contributed by atoms with Crippen LogP contribution in [0.5, 0.6) is 0 Å². The third-order valence-electron chi connectivity index (χ3n) is 3.51. The summed E-state index contributed by atoms with van der Waals surface area (Å²) in [5, 5.41) is 9.23. The Morgan fingerprint density at radius 3 is 2.47 bits per heavy atom. The molecule has 0 aliphatic carbocycles. The Balaban J connectivity index is 2.44. The van der Waals surface area contributed by atoms with E-state index < -0.39 is 12.0 Å². The van der Waals surface area contributed by atoms with Crippen molar-refractivity contribution in [2.75, 3.05) is 5.75 Å². The molecule has 1 fully saturated rings. The third-order valence-corrected chi connectivity index (χ3v) is 4.96. The number of carboxylic acid groups (broad SMARTS) is 1. The number of rotatable bonds is 8. The van der Waals surface area contributed by atoms with Gasteiger partial charge in [-0.25, -0.2) is 4.79 Å². The summed E-state index contributed by atoms with van der Waals surface area (Å²) in [6, 6.07) is -0.627. The summed E-state index contributed by atoms with van der Waals surface area (Å²) in [5.41, 5.74) is 0. The molecule has 2 unspecified atom stereocenters. The zero-order valence-electron chi connectivity index (χ0n) is 11.9. The van der Waals surface area contributed by atoms with Crippen molar-refractivity contribution in [3.8, 4) is 0 Å². The number of amides is 1. The highest BCUT2D eigenvalue weighted by molar-refractivity contribution is 8.00. The van der Waals surface area contributed by atoms with E-state index in [1.165, 1.54) is 12.8 Å². The topological polar surface area (TPSA) is 57.6 Å². The molecule has 1 aliphatic rings. The van der Waals surface area contributed by atoms with E-state index in [1.807, 2.05) is 6.92 Å². The predicted octanol–water partition coefficient (Wildman–Crippen LogP) is 3.11. The minimum Gasteiger partial charge on any atom is -0.480 e. The van der Waals surface area contributed by atoms with Gasteiger partial charge in [-0.2, -0.15) is 0 Å². The van der Waals surface area contributed by atoms with Gasteiger partial charge in [-0.15, -0.1) is 11.8 Å². The zero-order chi connectivity index (χ0) is 14.3. The second kappa shape index (κ2) is 8.46. The minimum atomic E-state index is -0.872. The summed E-state index contributed by atoms with van der Waals surface area (Å²) in [4.78, 5) is 25.0. The second-order valence-electron chi connectivity index (χ2n) is 5.02.